The lowest BCUT2D eigenvalue weighted by atomic mass is 9.75. The molecule has 2 aromatic rings. The summed E-state index contributed by atoms with van der Waals surface area (Å²) in [4.78, 5) is 19.3. The summed E-state index contributed by atoms with van der Waals surface area (Å²) >= 11 is 0. The Balaban J connectivity index is 2.78. The van der Waals surface area contributed by atoms with Gasteiger partial charge in [0.2, 0.25) is 0 Å². The van der Waals surface area contributed by atoms with Crippen molar-refractivity contribution in [3.05, 3.63) is 70.8 Å². The van der Waals surface area contributed by atoms with Gasteiger partial charge in [-0.05, 0) is 42.0 Å². The van der Waals surface area contributed by atoms with E-state index < -0.39 is 14.2 Å². The molecule has 0 bridgehead atoms. The second-order valence-electron chi connectivity index (χ2n) is 5.86. The van der Waals surface area contributed by atoms with Gasteiger partial charge in [-0.2, -0.15) is 0 Å². The minimum atomic E-state index is -2.49. The molecule has 0 spiro atoms. The van der Waals surface area contributed by atoms with Crippen LogP contribution in [0.25, 0.3) is 0 Å². The summed E-state index contributed by atoms with van der Waals surface area (Å²) < 4.78 is 5.81. The highest BCUT2D eigenvalue weighted by atomic mass is 31.2. The molecule has 0 aromatic heterocycles. The summed E-state index contributed by atoms with van der Waals surface area (Å²) in [5.74, 6) is 0.0269. The monoisotopic (exact) mass is 318 g/mol. The van der Waals surface area contributed by atoms with E-state index in [0.29, 0.717) is 0 Å². The largest absolute Gasteiger partial charge is 0.328 e. The molecule has 0 heterocycles. The van der Waals surface area contributed by atoms with Gasteiger partial charge in [0.25, 0.3) is 0 Å². The van der Waals surface area contributed by atoms with Crippen LogP contribution in [0, 0.1) is 19.8 Å². The lowest BCUT2D eigenvalue weighted by Gasteiger charge is -2.40. The predicted molar refractivity (Wildman–Crippen MR) is 90.4 cm³/mol. The zero-order valence-electron chi connectivity index (χ0n) is 13.4. The van der Waals surface area contributed by atoms with Crippen LogP contribution in [0.5, 0.6) is 0 Å². The lowest BCUT2D eigenvalue weighted by molar-refractivity contribution is 0.0446. The summed E-state index contributed by atoms with van der Waals surface area (Å²) in [6.07, 6.45) is 0. The van der Waals surface area contributed by atoms with Crippen molar-refractivity contribution in [2.24, 2.45) is 5.92 Å². The van der Waals surface area contributed by atoms with E-state index in [1.165, 1.54) is 0 Å². The van der Waals surface area contributed by atoms with Crippen LogP contribution >= 0.6 is 8.60 Å². The molecule has 0 radical (unpaired) electrons. The second kappa shape index (κ2) is 6.89. The zero-order valence-corrected chi connectivity index (χ0v) is 14.3. The molecule has 2 aromatic carbocycles. The summed E-state index contributed by atoms with van der Waals surface area (Å²) in [6, 6.07) is 15.9. The molecule has 0 aliphatic heterocycles. The molecule has 0 aliphatic rings. The Morgan fingerprint density at radius 2 is 1.27 bits per heavy atom. The molecule has 0 saturated heterocycles. The highest BCUT2D eigenvalue weighted by Crippen LogP contribution is 2.49. The Morgan fingerprint density at radius 1 is 0.864 bits per heavy atom. The van der Waals surface area contributed by atoms with Crippen LogP contribution in [0.1, 0.15) is 36.1 Å². The number of aryl methyl sites for hydroxylation is 2. The number of hydrogen-bond acceptors (Lipinski definition) is 3. The molecule has 22 heavy (non-hydrogen) atoms. The molecular formula is C18H23O3P. The Labute approximate surface area is 133 Å². The number of hydrogen-bond donors (Lipinski definition) is 2. The van der Waals surface area contributed by atoms with E-state index in [2.05, 4.69) is 0 Å². The quantitative estimate of drug-likeness (QED) is 0.802. The maximum absolute atomic E-state index is 9.64. The smallest absolute Gasteiger partial charge is 0.328 e. The summed E-state index contributed by atoms with van der Waals surface area (Å²) in [5, 5.41) is 0. The first-order valence-electron chi connectivity index (χ1n) is 7.38. The third-order valence-corrected chi connectivity index (χ3v) is 4.58. The first-order valence-corrected chi connectivity index (χ1v) is 8.55. The molecule has 3 nitrogen and oxygen atoms in total. The van der Waals surface area contributed by atoms with E-state index in [9.17, 15) is 9.79 Å². The molecule has 0 saturated carbocycles. The minimum absolute atomic E-state index is 0.0269. The average molecular weight is 318 g/mol. The second-order valence-corrected chi connectivity index (χ2v) is 6.55. The maximum Gasteiger partial charge on any atom is 0.328 e. The van der Waals surface area contributed by atoms with Crippen molar-refractivity contribution >= 4 is 8.60 Å². The maximum atomic E-state index is 9.64. The molecule has 118 valence electrons. The number of benzene rings is 2. The van der Waals surface area contributed by atoms with Crippen molar-refractivity contribution < 1.29 is 14.3 Å². The predicted octanol–water partition coefficient (Wildman–Crippen LogP) is 4.43. The van der Waals surface area contributed by atoms with E-state index in [1.807, 2.05) is 76.2 Å². The van der Waals surface area contributed by atoms with Crippen LogP contribution in [0.3, 0.4) is 0 Å². The van der Waals surface area contributed by atoms with E-state index in [4.69, 9.17) is 4.52 Å². The Kier molecular flexibility index (Phi) is 5.36. The fourth-order valence-corrected chi connectivity index (χ4v) is 3.74. The topological polar surface area (TPSA) is 49.7 Å². The van der Waals surface area contributed by atoms with Gasteiger partial charge in [0.15, 0.2) is 0 Å². The van der Waals surface area contributed by atoms with E-state index in [0.717, 1.165) is 22.3 Å². The molecular weight excluding hydrogens is 295 g/mol. The van der Waals surface area contributed by atoms with Crippen LogP contribution < -0.4 is 0 Å². The van der Waals surface area contributed by atoms with Crippen molar-refractivity contribution in [2.45, 2.75) is 33.3 Å². The fraction of sp³-hybridized carbons (Fsp3) is 0.333. The van der Waals surface area contributed by atoms with Crippen LogP contribution in [0.2, 0.25) is 0 Å². The highest BCUT2D eigenvalue weighted by Gasteiger charge is 2.43. The first kappa shape index (κ1) is 17.1. The Bertz CT molecular complexity index is 592. The van der Waals surface area contributed by atoms with Crippen LogP contribution in [-0.2, 0) is 10.1 Å². The third kappa shape index (κ3) is 3.09. The zero-order chi connectivity index (χ0) is 16.3. The van der Waals surface area contributed by atoms with Gasteiger partial charge >= 0.3 is 8.60 Å². The SMILES string of the molecule is Cc1ccccc1C(OP(O)O)(c1ccccc1C)C(C)C. The minimum Gasteiger partial charge on any atom is -0.328 e. The van der Waals surface area contributed by atoms with E-state index in [1.54, 1.807) is 0 Å². The van der Waals surface area contributed by atoms with Gasteiger partial charge in [-0.15, -0.1) is 0 Å². The lowest BCUT2D eigenvalue weighted by Crippen LogP contribution is -2.37. The van der Waals surface area contributed by atoms with E-state index >= 15 is 0 Å². The molecule has 0 unspecified atom stereocenters. The summed E-state index contributed by atoms with van der Waals surface area (Å²) in [7, 11) is -2.49. The molecule has 0 aliphatic carbocycles. The average Bonchev–Trinajstić information content (AvgIpc) is 2.45. The van der Waals surface area contributed by atoms with Crippen molar-refractivity contribution in [2.75, 3.05) is 0 Å². The highest BCUT2D eigenvalue weighted by molar-refractivity contribution is 7.39. The van der Waals surface area contributed by atoms with Gasteiger partial charge in [0.1, 0.15) is 5.60 Å². The molecule has 2 rings (SSSR count). The Morgan fingerprint density at radius 3 is 1.59 bits per heavy atom. The van der Waals surface area contributed by atoms with E-state index in [-0.39, 0.29) is 5.92 Å². The van der Waals surface area contributed by atoms with Gasteiger partial charge in [0, 0.05) is 0 Å². The molecule has 4 heteroatoms. The fourth-order valence-electron chi connectivity index (χ4n) is 3.08. The van der Waals surface area contributed by atoms with Crippen LogP contribution in [0.4, 0.5) is 0 Å². The van der Waals surface area contributed by atoms with Gasteiger partial charge in [-0.25, -0.2) is 0 Å². The summed E-state index contributed by atoms with van der Waals surface area (Å²) in [6.45, 7) is 8.12. The van der Waals surface area contributed by atoms with Crippen molar-refractivity contribution in [1.82, 2.24) is 0 Å². The van der Waals surface area contributed by atoms with Crippen molar-refractivity contribution in [3.8, 4) is 0 Å². The van der Waals surface area contributed by atoms with Gasteiger partial charge in [0.05, 0.1) is 0 Å². The number of rotatable bonds is 5. The van der Waals surface area contributed by atoms with Gasteiger partial charge in [-0.1, -0.05) is 62.4 Å². The van der Waals surface area contributed by atoms with Crippen LogP contribution in [0.15, 0.2) is 48.5 Å². The normalized spacial score (nSPS) is 12.2. The third-order valence-electron chi connectivity index (χ3n) is 4.13. The summed E-state index contributed by atoms with van der Waals surface area (Å²) in [5.41, 5.74) is 3.18. The molecule has 0 fully saturated rings. The van der Waals surface area contributed by atoms with Crippen molar-refractivity contribution in [1.29, 1.82) is 0 Å². The van der Waals surface area contributed by atoms with Gasteiger partial charge in [-0.3, -0.25) is 4.52 Å². The van der Waals surface area contributed by atoms with Crippen molar-refractivity contribution in [3.63, 3.8) is 0 Å². The molecule has 2 N–H and O–H groups in total. The van der Waals surface area contributed by atoms with Gasteiger partial charge < -0.3 is 9.79 Å². The first-order chi connectivity index (χ1) is 10.4. The Hall–Kier alpha value is -1.25. The van der Waals surface area contributed by atoms with Crippen LogP contribution in [-0.4, -0.2) is 9.79 Å². The standard InChI is InChI=1S/C18H23O3P/c1-13(2)18(21-22(19)20,16-11-7-5-9-14(16)3)17-12-8-6-10-15(17)4/h5-13,19-20H,1-4H3. The molecule has 0 atom stereocenters. The molecule has 0 amide bonds.